The molecule has 0 radical (unpaired) electrons. The van der Waals surface area contributed by atoms with Crippen LogP contribution < -0.4 is 14.8 Å². The standard InChI is InChI=1S/C24H33N3O5S/c1-26(20-14-15-23(31-2)21(25)18-20)33(29,30)27-16-8-6-13-22(27)24(28)32-17-9-7-12-19-10-4-3-5-11-19/h3-5,10-11,14-15,18,22H,6-9,12-13,16-17,25H2,1-2H3/t22-/m0/s1. The summed E-state index contributed by atoms with van der Waals surface area (Å²) >= 11 is 0. The minimum Gasteiger partial charge on any atom is -0.495 e. The number of hydrogen-bond acceptors (Lipinski definition) is 6. The molecule has 1 heterocycles. The highest BCUT2D eigenvalue weighted by Gasteiger charge is 2.40. The Kier molecular flexibility index (Phi) is 8.57. The number of esters is 1. The maximum atomic E-state index is 13.4. The molecule has 0 unspecified atom stereocenters. The second kappa shape index (κ2) is 11.4. The number of benzene rings is 2. The first-order valence-corrected chi connectivity index (χ1v) is 12.6. The summed E-state index contributed by atoms with van der Waals surface area (Å²) in [6.07, 6.45) is 4.45. The van der Waals surface area contributed by atoms with Crippen LogP contribution in [0.3, 0.4) is 0 Å². The van der Waals surface area contributed by atoms with Crippen LogP contribution in [0.2, 0.25) is 0 Å². The Labute approximate surface area is 196 Å². The second-order valence-electron chi connectivity index (χ2n) is 8.13. The van der Waals surface area contributed by atoms with E-state index in [1.807, 2.05) is 18.2 Å². The largest absolute Gasteiger partial charge is 0.495 e. The van der Waals surface area contributed by atoms with Crippen LogP contribution in [-0.4, -0.2) is 52.0 Å². The molecule has 1 fully saturated rings. The van der Waals surface area contributed by atoms with E-state index in [0.29, 0.717) is 30.0 Å². The molecule has 3 rings (SSSR count). The van der Waals surface area contributed by atoms with Gasteiger partial charge in [-0.1, -0.05) is 30.3 Å². The first kappa shape index (κ1) is 24.9. The number of hydrogen-bond donors (Lipinski definition) is 1. The van der Waals surface area contributed by atoms with E-state index < -0.39 is 22.2 Å². The quantitative estimate of drug-likeness (QED) is 0.321. The third-order valence-electron chi connectivity index (χ3n) is 5.89. The van der Waals surface area contributed by atoms with E-state index >= 15 is 0 Å². The van der Waals surface area contributed by atoms with Gasteiger partial charge in [-0.05, 0) is 62.3 Å². The zero-order valence-electron chi connectivity index (χ0n) is 19.3. The highest BCUT2D eigenvalue weighted by atomic mass is 32.2. The Bertz CT molecular complexity index is 1030. The molecular formula is C24H33N3O5S. The molecule has 0 amide bonds. The number of aryl methyl sites for hydroxylation is 1. The molecular weight excluding hydrogens is 442 g/mol. The number of anilines is 2. The first-order chi connectivity index (χ1) is 15.8. The van der Waals surface area contributed by atoms with Crippen molar-refractivity contribution in [2.24, 2.45) is 0 Å². The van der Waals surface area contributed by atoms with Gasteiger partial charge in [0.05, 0.1) is 25.1 Å². The van der Waals surface area contributed by atoms with E-state index in [9.17, 15) is 13.2 Å². The summed E-state index contributed by atoms with van der Waals surface area (Å²) in [6, 6.07) is 14.1. The molecule has 1 aliphatic rings. The van der Waals surface area contributed by atoms with Crippen molar-refractivity contribution in [1.82, 2.24) is 4.31 Å². The summed E-state index contributed by atoms with van der Waals surface area (Å²) < 4.78 is 39.8. The van der Waals surface area contributed by atoms with Crippen LogP contribution in [0.25, 0.3) is 0 Å². The maximum Gasteiger partial charge on any atom is 0.324 e. The van der Waals surface area contributed by atoms with Crippen LogP contribution in [-0.2, 0) is 26.2 Å². The fourth-order valence-electron chi connectivity index (χ4n) is 3.97. The summed E-state index contributed by atoms with van der Waals surface area (Å²) in [5.41, 5.74) is 7.93. The van der Waals surface area contributed by atoms with Crippen LogP contribution in [0, 0.1) is 0 Å². The van der Waals surface area contributed by atoms with Crippen molar-refractivity contribution in [3.05, 3.63) is 54.1 Å². The number of methoxy groups -OCH3 is 1. The molecule has 0 saturated carbocycles. The third-order valence-corrected chi connectivity index (χ3v) is 7.82. The summed E-state index contributed by atoms with van der Waals surface area (Å²) in [5, 5.41) is 0. The van der Waals surface area contributed by atoms with Crippen molar-refractivity contribution >= 4 is 27.6 Å². The molecule has 1 saturated heterocycles. The van der Waals surface area contributed by atoms with Crippen molar-refractivity contribution in [1.29, 1.82) is 0 Å². The Balaban J connectivity index is 1.60. The van der Waals surface area contributed by atoms with E-state index in [1.54, 1.807) is 18.2 Å². The van der Waals surface area contributed by atoms with E-state index in [0.717, 1.165) is 30.0 Å². The molecule has 0 aromatic heterocycles. The highest BCUT2D eigenvalue weighted by Crippen LogP contribution is 2.30. The maximum absolute atomic E-state index is 13.4. The minimum atomic E-state index is -3.95. The number of ether oxygens (including phenoxy) is 2. The van der Waals surface area contributed by atoms with Crippen LogP contribution >= 0.6 is 0 Å². The van der Waals surface area contributed by atoms with Crippen molar-refractivity contribution in [3.63, 3.8) is 0 Å². The Hall–Kier alpha value is -2.78. The van der Waals surface area contributed by atoms with Gasteiger partial charge < -0.3 is 15.2 Å². The Morgan fingerprint density at radius 3 is 2.61 bits per heavy atom. The molecule has 0 spiro atoms. The number of piperidine rings is 1. The smallest absolute Gasteiger partial charge is 0.324 e. The molecule has 9 heteroatoms. The van der Waals surface area contributed by atoms with E-state index in [4.69, 9.17) is 15.2 Å². The Morgan fingerprint density at radius 1 is 1.15 bits per heavy atom. The topological polar surface area (TPSA) is 102 Å². The molecule has 0 aliphatic carbocycles. The molecule has 33 heavy (non-hydrogen) atoms. The second-order valence-corrected chi connectivity index (χ2v) is 10.0. The van der Waals surface area contributed by atoms with Crippen molar-refractivity contribution in [2.75, 3.05) is 37.3 Å². The monoisotopic (exact) mass is 475 g/mol. The third kappa shape index (κ3) is 6.17. The van der Waals surface area contributed by atoms with E-state index in [2.05, 4.69) is 12.1 Å². The van der Waals surface area contributed by atoms with E-state index in [1.165, 1.54) is 24.0 Å². The Morgan fingerprint density at radius 2 is 1.91 bits per heavy atom. The van der Waals surface area contributed by atoms with Gasteiger partial charge in [-0.25, -0.2) is 0 Å². The number of unbranched alkanes of at least 4 members (excludes halogenated alkanes) is 1. The number of nitrogens with two attached hydrogens (primary N) is 1. The summed E-state index contributed by atoms with van der Waals surface area (Å²) in [6.45, 7) is 0.549. The van der Waals surface area contributed by atoms with Crippen LogP contribution in [0.5, 0.6) is 5.75 Å². The lowest BCUT2D eigenvalue weighted by Crippen LogP contribution is -2.53. The highest BCUT2D eigenvalue weighted by molar-refractivity contribution is 7.90. The predicted octanol–water partition coefficient (Wildman–Crippen LogP) is 3.38. The minimum absolute atomic E-state index is 0.270. The normalized spacial score (nSPS) is 16.8. The van der Waals surface area contributed by atoms with Gasteiger partial charge in [-0.2, -0.15) is 12.7 Å². The molecule has 8 nitrogen and oxygen atoms in total. The van der Waals surface area contributed by atoms with Gasteiger partial charge >= 0.3 is 16.2 Å². The van der Waals surface area contributed by atoms with Crippen molar-refractivity contribution in [2.45, 2.75) is 44.6 Å². The molecule has 1 aliphatic heterocycles. The molecule has 1 atom stereocenters. The number of rotatable bonds is 10. The molecule has 2 aromatic carbocycles. The molecule has 180 valence electrons. The number of carbonyl (C=O) groups excluding carboxylic acids is 1. The lowest BCUT2D eigenvalue weighted by molar-refractivity contribution is -0.149. The van der Waals surface area contributed by atoms with Gasteiger partial charge in [0.25, 0.3) is 0 Å². The number of nitrogen functional groups attached to an aromatic ring is 1. The van der Waals surface area contributed by atoms with Crippen molar-refractivity contribution < 1.29 is 22.7 Å². The van der Waals surface area contributed by atoms with Crippen LogP contribution in [0.4, 0.5) is 11.4 Å². The lowest BCUT2D eigenvalue weighted by atomic mass is 10.1. The molecule has 2 N–H and O–H groups in total. The SMILES string of the molecule is COc1ccc(N(C)S(=O)(=O)N2CCCC[C@H]2C(=O)OCCCCc2ccccc2)cc1N. The first-order valence-electron chi connectivity index (χ1n) is 11.2. The fraction of sp³-hybridized carbons (Fsp3) is 0.458. The van der Waals surface area contributed by atoms with Crippen LogP contribution in [0.1, 0.15) is 37.7 Å². The predicted molar refractivity (Wildman–Crippen MR) is 129 cm³/mol. The average molecular weight is 476 g/mol. The van der Waals surface area contributed by atoms with Gasteiger partial charge in [0.2, 0.25) is 0 Å². The average Bonchev–Trinajstić information content (AvgIpc) is 2.83. The zero-order chi connectivity index (χ0) is 23.8. The van der Waals surface area contributed by atoms with E-state index in [-0.39, 0.29) is 13.2 Å². The zero-order valence-corrected chi connectivity index (χ0v) is 20.1. The van der Waals surface area contributed by atoms with Gasteiger partial charge in [0, 0.05) is 13.6 Å². The number of nitrogens with zero attached hydrogens (tertiary/aromatic N) is 2. The van der Waals surface area contributed by atoms with Crippen LogP contribution in [0.15, 0.2) is 48.5 Å². The van der Waals surface area contributed by atoms with Crippen molar-refractivity contribution in [3.8, 4) is 5.75 Å². The summed E-state index contributed by atoms with van der Waals surface area (Å²) in [4.78, 5) is 12.8. The fourth-order valence-corrected chi connectivity index (χ4v) is 5.54. The molecule has 2 aromatic rings. The van der Waals surface area contributed by atoms with Gasteiger partial charge in [0.1, 0.15) is 11.8 Å². The summed E-state index contributed by atoms with van der Waals surface area (Å²) in [7, 11) is -0.994. The van der Waals surface area contributed by atoms with Gasteiger partial charge in [-0.15, -0.1) is 0 Å². The number of carbonyl (C=O) groups is 1. The molecule has 0 bridgehead atoms. The summed E-state index contributed by atoms with van der Waals surface area (Å²) in [5.74, 6) is -0.0168. The van der Waals surface area contributed by atoms with Gasteiger partial charge in [0.15, 0.2) is 0 Å². The lowest BCUT2D eigenvalue weighted by Gasteiger charge is -2.36. The van der Waals surface area contributed by atoms with Gasteiger partial charge in [-0.3, -0.25) is 9.10 Å².